The maximum absolute atomic E-state index is 10.9. The maximum Gasteiger partial charge on any atom is 0.308 e. The molecule has 0 amide bonds. The average Bonchev–Trinajstić information content (AvgIpc) is 2.16. The minimum atomic E-state index is -1.01. The molecule has 0 radical (unpaired) electrons. The van der Waals surface area contributed by atoms with E-state index in [9.17, 15) is 9.59 Å². The van der Waals surface area contributed by atoms with Gasteiger partial charge in [0.15, 0.2) is 0 Å². The van der Waals surface area contributed by atoms with E-state index in [-0.39, 0.29) is 6.04 Å². The molecule has 1 aliphatic heterocycles. The highest BCUT2D eigenvalue weighted by molar-refractivity contribution is 5.80. The van der Waals surface area contributed by atoms with Crippen molar-refractivity contribution >= 4 is 11.9 Å². The zero-order valence-electron chi connectivity index (χ0n) is 9.01. The van der Waals surface area contributed by atoms with Crippen molar-refractivity contribution in [3.63, 3.8) is 0 Å². The molecule has 86 valence electrons. The van der Waals surface area contributed by atoms with Crippen LogP contribution < -0.4 is 0 Å². The summed E-state index contributed by atoms with van der Waals surface area (Å²) in [5.41, 5.74) is 0. The first kappa shape index (κ1) is 12.0. The van der Waals surface area contributed by atoms with Crippen molar-refractivity contribution in [2.75, 3.05) is 13.1 Å². The number of carbonyl (C=O) groups is 2. The SMILES string of the molecule is CC(C)N1CCC(C(=O)O)C(C(=O)O)C1. The van der Waals surface area contributed by atoms with Crippen LogP contribution in [0.5, 0.6) is 0 Å². The lowest BCUT2D eigenvalue weighted by Crippen LogP contribution is -2.48. The van der Waals surface area contributed by atoms with Crippen molar-refractivity contribution in [3.8, 4) is 0 Å². The maximum atomic E-state index is 10.9. The Balaban J connectivity index is 2.74. The molecule has 0 aromatic carbocycles. The van der Waals surface area contributed by atoms with E-state index in [1.807, 2.05) is 18.7 Å². The molecule has 0 aromatic rings. The highest BCUT2D eigenvalue weighted by atomic mass is 16.4. The van der Waals surface area contributed by atoms with Gasteiger partial charge in [-0.25, -0.2) is 0 Å². The van der Waals surface area contributed by atoms with Crippen molar-refractivity contribution in [1.29, 1.82) is 0 Å². The molecule has 2 N–H and O–H groups in total. The summed E-state index contributed by atoms with van der Waals surface area (Å²) in [6, 6.07) is 0.265. The number of carboxylic acids is 2. The summed E-state index contributed by atoms with van der Waals surface area (Å²) >= 11 is 0. The Morgan fingerprint density at radius 2 is 1.73 bits per heavy atom. The minimum Gasteiger partial charge on any atom is -0.481 e. The predicted octanol–water partition coefficient (Wildman–Crippen LogP) is 0.502. The van der Waals surface area contributed by atoms with Gasteiger partial charge in [-0.05, 0) is 26.8 Å². The van der Waals surface area contributed by atoms with E-state index in [1.165, 1.54) is 0 Å². The van der Waals surface area contributed by atoms with Crippen LogP contribution >= 0.6 is 0 Å². The van der Waals surface area contributed by atoms with Crippen LogP contribution in [0, 0.1) is 11.8 Å². The second kappa shape index (κ2) is 4.61. The normalized spacial score (nSPS) is 27.9. The summed E-state index contributed by atoms with van der Waals surface area (Å²) < 4.78 is 0. The van der Waals surface area contributed by atoms with Gasteiger partial charge in [-0.15, -0.1) is 0 Å². The van der Waals surface area contributed by atoms with Crippen LogP contribution in [-0.4, -0.2) is 46.2 Å². The van der Waals surface area contributed by atoms with Gasteiger partial charge in [0.1, 0.15) is 0 Å². The zero-order chi connectivity index (χ0) is 11.6. The second-order valence-electron chi connectivity index (χ2n) is 4.27. The Morgan fingerprint density at radius 3 is 2.13 bits per heavy atom. The van der Waals surface area contributed by atoms with Crippen LogP contribution in [0.15, 0.2) is 0 Å². The van der Waals surface area contributed by atoms with Crippen LogP contribution in [0.1, 0.15) is 20.3 Å². The Labute approximate surface area is 88.7 Å². The van der Waals surface area contributed by atoms with Gasteiger partial charge in [0.25, 0.3) is 0 Å². The second-order valence-corrected chi connectivity index (χ2v) is 4.27. The fourth-order valence-corrected chi connectivity index (χ4v) is 1.99. The molecule has 2 unspecified atom stereocenters. The van der Waals surface area contributed by atoms with Gasteiger partial charge >= 0.3 is 11.9 Å². The summed E-state index contributed by atoms with van der Waals surface area (Å²) in [6.45, 7) is 4.97. The summed E-state index contributed by atoms with van der Waals surface area (Å²) in [4.78, 5) is 23.8. The number of nitrogens with zero attached hydrogens (tertiary/aromatic N) is 1. The van der Waals surface area contributed by atoms with Gasteiger partial charge < -0.3 is 15.1 Å². The molecule has 5 nitrogen and oxygen atoms in total. The van der Waals surface area contributed by atoms with E-state index in [1.54, 1.807) is 0 Å². The topological polar surface area (TPSA) is 77.8 Å². The van der Waals surface area contributed by atoms with Gasteiger partial charge in [-0.1, -0.05) is 0 Å². The average molecular weight is 215 g/mol. The predicted molar refractivity (Wildman–Crippen MR) is 53.6 cm³/mol. The third-order valence-electron chi connectivity index (χ3n) is 3.01. The highest BCUT2D eigenvalue weighted by Crippen LogP contribution is 2.25. The fourth-order valence-electron chi connectivity index (χ4n) is 1.99. The van der Waals surface area contributed by atoms with Gasteiger partial charge in [0.05, 0.1) is 11.8 Å². The van der Waals surface area contributed by atoms with E-state index in [0.717, 1.165) is 0 Å². The van der Waals surface area contributed by atoms with Gasteiger partial charge in [0, 0.05) is 12.6 Å². The third kappa shape index (κ3) is 2.68. The molecule has 1 fully saturated rings. The van der Waals surface area contributed by atoms with Gasteiger partial charge in [0.2, 0.25) is 0 Å². The molecule has 1 saturated heterocycles. The molecule has 1 heterocycles. The number of hydrogen-bond acceptors (Lipinski definition) is 3. The van der Waals surface area contributed by atoms with E-state index in [0.29, 0.717) is 19.5 Å². The third-order valence-corrected chi connectivity index (χ3v) is 3.01. The van der Waals surface area contributed by atoms with Crippen molar-refractivity contribution in [3.05, 3.63) is 0 Å². The molecule has 1 rings (SSSR count). The lowest BCUT2D eigenvalue weighted by Gasteiger charge is -2.36. The van der Waals surface area contributed by atoms with Crippen LogP contribution in [-0.2, 0) is 9.59 Å². The van der Waals surface area contributed by atoms with Crippen LogP contribution in [0.3, 0.4) is 0 Å². The Bertz CT molecular complexity index is 264. The highest BCUT2D eigenvalue weighted by Gasteiger charge is 2.39. The first-order valence-corrected chi connectivity index (χ1v) is 5.13. The molecule has 5 heteroatoms. The van der Waals surface area contributed by atoms with Crippen molar-refractivity contribution < 1.29 is 19.8 Å². The molecule has 2 atom stereocenters. The van der Waals surface area contributed by atoms with E-state index in [2.05, 4.69) is 0 Å². The molecular weight excluding hydrogens is 198 g/mol. The Morgan fingerprint density at radius 1 is 1.20 bits per heavy atom. The van der Waals surface area contributed by atoms with E-state index in [4.69, 9.17) is 10.2 Å². The first-order chi connectivity index (χ1) is 6.93. The molecule has 0 aliphatic carbocycles. The minimum absolute atomic E-state index is 0.265. The number of rotatable bonds is 3. The monoisotopic (exact) mass is 215 g/mol. The number of hydrogen-bond donors (Lipinski definition) is 2. The smallest absolute Gasteiger partial charge is 0.308 e. The summed E-state index contributed by atoms with van der Waals surface area (Å²) in [6.07, 6.45) is 0.421. The summed E-state index contributed by atoms with van der Waals surface area (Å²) in [5, 5.41) is 17.9. The Hall–Kier alpha value is -1.10. The van der Waals surface area contributed by atoms with Crippen molar-refractivity contribution in [1.82, 2.24) is 4.90 Å². The largest absolute Gasteiger partial charge is 0.481 e. The van der Waals surface area contributed by atoms with Gasteiger partial charge in [-0.3, -0.25) is 9.59 Å². The van der Waals surface area contributed by atoms with E-state index < -0.39 is 23.8 Å². The van der Waals surface area contributed by atoms with Gasteiger partial charge in [-0.2, -0.15) is 0 Å². The van der Waals surface area contributed by atoms with Crippen LogP contribution in [0.2, 0.25) is 0 Å². The van der Waals surface area contributed by atoms with E-state index >= 15 is 0 Å². The van der Waals surface area contributed by atoms with Crippen LogP contribution in [0.25, 0.3) is 0 Å². The molecule has 15 heavy (non-hydrogen) atoms. The number of aliphatic carboxylic acids is 2. The zero-order valence-corrected chi connectivity index (χ0v) is 9.01. The lowest BCUT2D eigenvalue weighted by atomic mass is 9.85. The number of likely N-dealkylation sites (tertiary alicyclic amines) is 1. The van der Waals surface area contributed by atoms with Crippen molar-refractivity contribution in [2.24, 2.45) is 11.8 Å². The van der Waals surface area contributed by atoms with Crippen LogP contribution in [0.4, 0.5) is 0 Å². The molecule has 0 aromatic heterocycles. The summed E-state index contributed by atoms with van der Waals surface area (Å²) in [5.74, 6) is -3.52. The standard InChI is InChI=1S/C10H17NO4/c1-6(2)11-4-3-7(9(12)13)8(5-11)10(14)15/h6-8H,3-5H2,1-2H3,(H,12,13)(H,14,15). The number of piperidine rings is 1. The molecule has 1 aliphatic rings. The quantitative estimate of drug-likeness (QED) is 0.717. The summed E-state index contributed by atoms with van der Waals surface area (Å²) in [7, 11) is 0. The molecule has 0 saturated carbocycles. The molecule has 0 spiro atoms. The lowest BCUT2D eigenvalue weighted by molar-refractivity contribution is -0.157. The first-order valence-electron chi connectivity index (χ1n) is 5.13. The molecular formula is C10H17NO4. The van der Waals surface area contributed by atoms with Crippen molar-refractivity contribution in [2.45, 2.75) is 26.3 Å². The number of carboxylic acid groups (broad SMARTS) is 2. The Kier molecular flexibility index (Phi) is 3.68. The molecule has 0 bridgehead atoms. The fraction of sp³-hybridized carbons (Fsp3) is 0.800.